The first-order chi connectivity index (χ1) is 11.7. The average molecular weight is 333 g/mol. The van der Waals surface area contributed by atoms with Crippen LogP contribution in [0.25, 0.3) is 0 Å². The maximum atomic E-state index is 12.4. The number of rotatable bonds is 4. The minimum absolute atomic E-state index is 0.0324. The number of amides is 3. The van der Waals surface area contributed by atoms with Crippen molar-refractivity contribution in [2.75, 3.05) is 32.7 Å². The molecule has 0 aromatic heterocycles. The van der Waals surface area contributed by atoms with Gasteiger partial charge in [-0.05, 0) is 51.4 Å². The molecule has 1 aliphatic heterocycles. The maximum absolute atomic E-state index is 12.4. The first kappa shape index (κ1) is 17.3. The van der Waals surface area contributed by atoms with E-state index in [4.69, 9.17) is 0 Å². The van der Waals surface area contributed by atoms with Gasteiger partial charge in [-0.2, -0.15) is 0 Å². The van der Waals surface area contributed by atoms with Crippen LogP contribution in [0.4, 0.5) is 4.79 Å². The summed E-state index contributed by atoms with van der Waals surface area (Å²) in [5, 5.41) is 3.07. The number of allylic oxidation sites excluding steroid dienone is 1. The van der Waals surface area contributed by atoms with E-state index in [0.29, 0.717) is 19.0 Å². The molecule has 0 aromatic carbocycles. The Kier molecular flexibility index (Phi) is 6.16. The third-order valence-electron chi connectivity index (χ3n) is 5.38. The highest BCUT2D eigenvalue weighted by molar-refractivity contribution is 5.81. The largest absolute Gasteiger partial charge is 0.341 e. The van der Waals surface area contributed by atoms with Crippen LogP contribution in [0, 0.1) is 5.92 Å². The predicted octanol–water partition coefficient (Wildman–Crippen LogP) is 2.92. The maximum Gasteiger partial charge on any atom is 0.317 e. The van der Waals surface area contributed by atoms with Crippen LogP contribution in [0.3, 0.4) is 0 Å². The molecule has 1 saturated heterocycles. The summed E-state index contributed by atoms with van der Waals surface area (Å²) in [5.74, 6) is 0.579. The van der Waals surface area contributed by atoms with Crippen molar-refractivity contribution in [1.29, 1.82) is 0 Å². The van der Waals surface area contributed by atoms with Gasteiger partial charge in [0.05, 0.1) is 0 Å². The van der Waals surface area contributed by atoms with Crippen LogP contribution >= 0.6 is 0 Å². The second-order valence-corrected chi connectivity index (χ2v) is 7.38. The fourth-order valence-electron chi connectivity index (χ4n) is 3.68. The lowest BCUT2D eigenvalue weighted by molar-refractivity contribution is -0.132. The first-order valence-corrected chi connectivity index (χ1v) is 9.73. The smallest absolute Gasteiger partial charge is 0.317 e. The third-order valence-corrected chi connectivity index (χ3v) is 5.38. The van der Waals surface area contributed by atoms with Crippen LogP contribution in [-0.2, 0) is 4.79 Å². The van der Waals surface area contributed by atoms with Gasteiger partial charge in [-0.25, -0.2) is 4.79 Å². The molecule has 2 aliphatic carbocycles. The molecule has 2 fully saturated rings. The van der Waals surface area contributed by atoms with Crippen molar-refractivity contribution in [2.24, 2.45) is 5.92 Å². The monoisotopic (exact) mass is 333 g/mol. The lowest BCUT2D eigenvalue weighted by Crippen LogP contribution is -2.43. The summed E-state index contributed by atoms with van der Waals surface area (Å²) in [6.07, 6.45) is 12.6. The molecule has 0 unspecified atom stereocenters. The standard InChI is InChI=1S/C19H31N3O2/c23-18(17-8-9-17)21-12-5-13-22(15-14-21)19(24)20-11-10-16-6-3-1-2-4-7-16/h6,17H,1-5,7-15H2,(H,20,24). The summed E-state index contributed by atoms with van der Waals surface area (Å²) >= 11 is 0. The zero-order chi connectivity index (χ0) is 16.8. The molecule has 5 nitrogen and oxygen atoms in total. The Morgan fingerprint density at radius 3 is 2.62 bits per heavy atom. The van der Waals surface area contributed by atoms with Crippen LogP contribution in [0.5, 0.6) is 0 Å². The normalized spacial score (nSPS) is 22.4. The molecule has 0 atom stereocenters. The van der Waals surface area contributed by atoms with E-state index >= 15 is 0 Å². The summed E-state index contributed by atoms with van der Waals surface area (Å²) in [7, 11) is 0. The Bertz CT molecular complexity index is 485. The van der Waals surface area contributed by atoms with Crippen molar-refractivity contribution >= 4 is 11.9 Å². The van der Waals surface area contributed by atoms with Crippen LogP contribution in [-0.4, -0.2) is 54.5 Å². The SMILES string of the molecule is O=C(NCCC1=CCCCCC1)N1CCCN(C(=O)C2CC2)CC1. The molecule has 1 N–H and O–H groups in total. The molecule has 0 spiro atoms. The van der Waals surface area contributed by atoms with Crippen LogP contribution < -0.4 is 5.32 Å². The van der Waals surface area contributed by atoms with Gasteiger partial charge in [0.1, 0.15) is 0 Å². The second kappa shape index (κ2) is 8.54. The Hall–Kier alpha value is -1.52. The van der Waals surface area contributed by atoms with Crippen molar-refractivity contribution in [3.63, 3.8) is 0 Å². The number of hydrogen-bond donors (Lipinski definition) is 1. The van der Waals surface area contributed by atoms with Gasteiger partial charge in [-0.1, -0.05) is 18.1 Å². The number of hydrogen-bond acceptors (Lipinski definition) is 2. The molecule has 3 aliphatic rings. The van der Waals surface area contributed by atoms with Gasteiger partial charge in [0.15, 0.2) is 0 Å². The lowest BCUT2D eigenvalue weighted by Gasteiger charge is -2.22. The van der Waals surface area contributed by atoms with E-state index in [2.05, 4.69) is 11.4 Å². The molecule has 0 radical (unpaired) electrons. The van der Waals surface area contributed by atoms with Crippen molar-refractivity contribution in [1.82, 2.24) is 15.1 Å². The van der Waals surface area contributed by atoms with E-state index in [9.17, 15) is 9.59 Å². The minimum Gasteiger partial charge on any atom is -0.341 e. The highest BCUT2D eigenvalue weighted by atomic mass is 16.2. The van der Waals surface area contributed by atoms with Gasteiger partial charge in [0, 0.05) is 38.6 Å². The summed E-state index contributed by atoms with van der Waals surface area (Å²) in [5.41, 5.74) is 1.50. The first-order valence-electron chi connectivity index (χ1n) is 9.73. The lowest BCUT2D eigenvalue weighted by atomic mass is 10.1. The molecule has 3 rings (SSSR count). The Morgan fingerprint density at radius 1 is 1.00 bits per heavy atom. The zero-order valence-electron chi connectivity index (χ0n) is 14.8. The van der Waals surface area contributed by atoms with E-state index in [1.807, 2.05) is 9.80 Å². The van der Waals surface area contributed by atoms with E-state index < -0.39 is 0 Å². The summed E-state index contributed by atoms with van der Waals surface area (Å²) in [6, 6.07) is 0.0324. The fraction of sp³-hybridized carbons (Fsp3) is 0.789. The van der Waals surface area contributed by atoms with Gasteiger partial charge >= 0.3 is 6.03 Å². The van der Waals surface area contributed by atoms with Gasteiger partial charge in [0.2, 0.25) is 5.91 Å². The van der Waals surface area contributed by atoms with Gasteiger partial charge in [-0.3, -0.25) is 4.79 Å². The number of carbonyl (C=O) groups excluding carboxylic acids is 2. The molecular weight excluding hydrogens is 302 g/mol. The van der Waals surface area contributed by atoms with Gasteiger partial charge < -0.3 is 15.1 Å². The zero-order valence-corrected chi connectivity index (χ0v) is 14.8. The van der Waals surface area contributed by atoms with E-state index in [1.165, 1.54) is 37.7 Å². The summed E-state index contributed by atoms with van der Waals surface area (Å²) < 4.78 is 0. The quantitative estimate of drug-likeness (QED) is 0.804. The molecule has 1 heterocycles. The number of nitrogens with zero attached hydrogens (tertiary/aromatic N) is 2. The highest BCUT2D eigenvalue weighted by Gasteiger charge is 2.34. The minimum atomic E-state index is 0.0324. The van der Waals surface area contributed by atoms with Gasteiger partial charge in [-0.15, -0.1) is 0 Å². The number of carbonyl (C=O) groups is 2. The Labute approximate surface area is 145 Å². The molecular formula is C19H31N3O2. The molecule has 24 heavy (non-hydrogen) atoms. The second-order valence-electron chi connectivity index (χ2n) is 7.38. The molecule has 5 heteroatoms. The van der Waals surface area contributed by atoms with E-state index in [1.54, 1.807) is 0 Å². The van der Waals surface area contributed by atoms with Crippen LogP contribution in [0.1, 0.15) is 57.8 Å². The predicted molar refractivity (Wildman–Crippen MR) is 94.7 cm³/mol. The van der Waals surface area contributed by atoms with Crippen molar-refractivity contribution in [2.45, 2.75) is 57.8 Å². The summed E-state index contributed by atoms with van der Waals surface area (Å²) in [6.45, 7) is 3.63. The highest BCUT2D eigenvalue weighted by Crippen LogP contribution is 2.31. The molecule has 0 bridgehead atoms. The average Bonchev–Trinajstić information content (AvgIpc) is 3.41. The summed E-state index contributed by atoms with van der Waals surface area (Å²) in [4.78, 5) is 28.4. The van der Waals surface area contributed by atoms with E-state index in [0.717, 1.165) is 45.3 Å². The van der Waals surface area contributed by atoms with Crippen LogP contribution in [0.15, 0.2) is 11.6 Å². The fourth-order valence-corrected chi connectivity index (χ4v) is 3.68. The van der Waals surface area contributed by atoms with Crippen molar-refractivity contribution < 1.29 is 9.59 Å². The number of nitrogens with one attached hydrogen (secondary N) is 1. The van der Waals surface area contributed by atoms with Crippen molar-refractivity contribution in [3.8, 4) is 0 Å². The number of urea groups is 1. The van der Waals surface area contributed by atoms with E-state index in [-0.39, 0.29) is 11.9 Å². The van der Waals surface area contributed by atoms with Crippen molar-refractivity contribution in [3.05, 3.63) is 11.6 Å². The van der Waals surface area contributed by atoms with Crippen LogP contribution in [0.2, 0.25) is 0 Å². The molecule has 134 valence electrons. The third kappa shape index (κ3) is 4.99. The Balaban J connectivity index is 1.38. The van der Waals surface area contributed by atoms with Gasteiger partial charge in [0.25, 0.3) is 0 Å². The molecule has 1 saturated carbocycles. The Morgan fingerprint density at radius 2 is 1.79 bits per heavy atom. The molecule has 0 aromatic rings. The topological polar surface area (TPSA) is 52.7 Å². The molecule has 3 amide bonds.